The minimum absolute atomic E-state index is 1.35. The first kappa shape index (κ1) is 30.6. The Labute approximate surface area is 267 Å². The molecule has 0 saturated carbocycles. The first-order chi connectivity index (χ1) is 20.2. The quantitative estimate of drug-likeness (QED) is 0.151. The molecular formula is C38H36Br2P2. The summed E-state index contributed by atoms with van der Waals surface area (Å²) in [6.07, 6.45) is 0. The van der Waals surface area contributed by atoms with Crippen molar-refractivity contribution < 1.29 is 0 Å². The summed E-state index contributed by atoms with van der Waals surface area (Å²) in [7, 11) is 0. The molecule has 0 atom stereocenters. The van der Waals surface area contributed by atoms with Crippen molar-refractivity contribution in [3.63, 3.8) is 0 Å². The fourth-order valence-electron chi connectivity index (χ4n) is 5.59. The average Bonchev–Trinajstić information content (AvgIpc) is 3.08. The molecule has 42 heavy (non-hydrogen) atoms. The van der Waals surface area contributed by atoms with Crippen LogP contribution in [0.15, 0.2) is 182 Å². The second-order valence-electron chi connectivity index (χ2n) is 10.9. The van der Waals surface area contributed by atoms with E-state index in [0.717, 1.165) is 0 Å². The summed E-state index contributed by atoms with van der Waals surface area (Å²) in [5, 5.41) is 2.96. The van der Waals surface area contributed by atoms with Gasteiger partial charge >= 0.3 is 269 Å². The monoisotopic (exact) mass is 712 g/mol. The van der Waals surface area contributed by atoms with Gasteiger partial charge in [-0.25, -0.2) is 0 Å². The number of rotatable bonds is 6. The van der Waals surface area contributed by atoms with Crippen molar-refractivity contribution in [3.05, 3.63) is 182 Å². The maximum atomic E-state index is 4.24. The SMILES string of the molecule is CP(Br)(c1ccccc1)(c1ccccc1)c1ccccc1.CP(Br)(c1ccccc1)(c1ccccc1)c1ccccc1. The first-order valence-corrected chi connectivity index (χ1v) is 23.4. The zero-order valence-electron chi connectivity index (χ0n) is 24.0. The molecule has 6 aromatic rings. The summed E-state index contributed by atoms with van der Waals surface area (Å²) >= 11 is 8.49. The van der Waals surface area contributed by atoms with Gasteiger partial charge in [-0.3, -0.25) is 0 Å². The Balaban J connectivity index is 0.000000168. The molecule has 6 rings (SSSR count). The van der Waals surface area contributed by atoms with Gasteiger partial charge in [0, 0.05) is 0 Å². The molecule has 0 unspecified atom stereocenters. The molecule has 0 nitrogen and oxygen atoms in total. The number of hydrogen-bond donors (Lipinski definition) is 0. The summed E-state index contributed by atoms with van der Waals surface area (Å²) < 4.78 is 0. The van der Waals surface area contributed by atoms with E-state index in [0.29, 0.717) is 0 Å². The van der Waals surface area contributed by atoms with Crippen molar-refractivity contribution in [3.8, 4) is 0 Å². The molecule has 4 heteroatoms. The van der Waals surface area contributed by atoms with Gasteiger partial charge in [-0.1, -0.05) is 0 Å². The van der Waals surface area contributed by atoms with E-state index in [1.54, 1.807) is 0 Å². The van der Waals surface area contributed by atoms with E-state index in [9.17, 15) is 0 Å². The van der Waals surface area contributed by atoms with Gasteiger partial charge in [0.15, 0.2) is 0 Å². The number of hydrogen-bond acceptors (Lipinski definition) is 0. The zero-order valence-corrected chi connectivity index (χ0v) is 28.9. The Morgan fingerprint density at radius 2 is 0.381 bits per heavy atom. The molecule has 0 aliphatic heterocycles. The summed E-state index contributed by atoms with van der Waals surface area (Å²) in [5.74, 6) is 0. The molecule has 0 fully saturated rings. The van der Waals surface area contributed by atoms with Gasteiger partial charge in [-0.2, -0.15) is 0 Å². The predicted molar refractivity (Wildman–Crippen MR) is 200 cm³/mol. The molecular weight excluding hydrogens is 678 g/mol. The molecule has 0 aromatic heterocycles. The van der Waals surface area contributed by atoms with Crippen LogP contribution in [0.3, 0.4) is 0 Å². The van der Waals surface area contributed by atoms with Crippen LogP contribution in [-0.4, -0.2) is 13.3 Å². The van der Waals surface area contributed by atoms with E-state index in [1.165, 1.54) is 31.8 Å². The van der Waals surface area contributed by atoms with Gasteiger partial charge in [0.2, 0.25) is 0 Å². The van der Waals surface area contributed by atoms with E-state index in [-0.39, 0.29) is 0 Å². The van der Waals surface area contributed by atoms with Gasteiger partial charge in [0.05, 0.1) is 0 Å². The molecule has 0 radical (unpaired) electrons. The zero-order chi connectivity index (χ0) is 29.6. The van der Waals surface area contributed by atoms with Gasteiger partial charge in [-0.15, -0.1) is 0 Å². The van der Waals surface area contributed by atoms with Crippen molar-refractivity contribution in [1.29, 1.82) is 0 Å². The molecule has 0 amide bonds. The molecule has 6 aromatic carbocycles. The van der Waals surface area contributed by atoms with Crippen molar-refractivity contribution in [2.75, 3.05) is 13.3 Å². The van der Waals surface area contributed by atoms with Crippen LogP contribution >= 0.6 is 41.6 Å². The first-order valence-electron chi connectivity index (χ1n) is 14.0. The van der Waals surface area contributed by atoms with Crippen molar-refractivity contribution in [1.82, 2.24) is 0 Å². The van der Waals surface area contributed by atoms with Gasteiger partial charge in [0.1, 0.15) is 0 Å². The fourth-order valence-corrected chi connectivity index (χ4v) is 16.9. The van der Waals surface area contributed by atoms with Gasteiger partial charge in [0.25, 0.3) is 0 Å². The molecule has 0 spiro atoms. The van der Waals surface area contributed by atoms with Crippen LogP contribution in [-0.2, 0) is 0 Å². The van der Waals surface area contributed by atoms with E-state index < -0.39 is 10.6 Å². The number of halogens is 2. The van der Waals surface area contributed by atoms with Crippen LogP contribution in [0.2, 0.25) is 0 Å². The Kier molecular flexibility index (Phi) is 9.03. The van der Waals surface area contributed by atoms with Crippen LogP contribution < -0.4 is 31.8 Å². The number of benzene rings is 6. The van der Waals surface area contributed by atoms with Crippen molar-refractivity contribution in [2.45, 2.75) is 0 Å². The summed E-state index contributed by atoms with van der Waals surface area (Å²) in [6.45, 7) is 4.73. The molecule has 0 aliphatic carbocycles. The van der Waals surface area contributed by atoms with Crippen LogP contribution in [0.4, 0.5) is 0 Å². The Morgan fingerprint density at radius 3 is 0.500 bits per heavy atom. The average molecular weight is 714 g/mol. The van der Waals surface area contributed by atoms with E-state index in [2.05, 4.69) is 226 Å². The van der Waals surface area contributed by atoms with E-state index >= 15 is 0 Å². The molecule has 0 N–H and O–H groups in total. The molecule has 0 bridgehead atoms. The maximum absolute atomic E-state index is 4.24. The fraction of sp³-hybridized carbons (Fsp3) is 0.0526. The molecule has 212 valence electrons. The van der Waals surface area contributed by atoms with Gasteiger partial charge < -0.3 is 0 Å². The van der Waals surface area contributed by atoms with Crippen LogP contribution in [0.1, 0.15) is 0 Å². The normalized spacial score (nSPS) is 13.3. The second-order valence-corrected chi connectivity index (χ2v) is 30.3. The predicted octanol–water partition coefficient (Wildman–Crippen LogP) is 8.91. The molecule has 0 aliphatic rings. The third-order valence-corrected chi connectivity index (χ3v) is 24.7. The molecule has 0 saturated heterocycles. The topological polar surface area (TPSA) is 0 Å². The summed E-state index contributed by atoms with van der Waals surface area (Å²) in [6, 6.07) is 64.6. The van der Waals surface area contributed by atoms with E-state index in [4.69, 9.17) is 0 Å². The van der Waals surface area contributed by atoms with E-state index in [1.807, 2.05) is 0 Å². The Bertz CT molecular complexity index is 1370. The summed E-state index contributed by atoms with van der Waals surface area (Å²) in [4.78, 5) is 0. The van der Waals surface area contributed by atoms with Crippen molar-refractivity contribution >= 4 is 73.4 Å². The summed E-state index contributed by atoms with van der Waals surface area (Å²) in [5.41, 5.74) is 0. The molecule has 0 heterocycles. The van der Waals surface area contributed by atoms with Gasteiger partial charge in [-0.05, 0) is 0 Å². The second kappa shape index (κ2) is 12.4. The van der Waals surface area contributed by atoms with Crippen molar-refractivity contribution in [2.24, 2.45) is 0 Å². The Hall–Kier alpha value is -2.86. The van der Waals surface area contributed by atoms with Crippen LogP contribution in [0.25, 0.3) is 0 Å². The standard InChI is InChI=1S/2C19H18BrP/c2*1-21(20,17-11-5-2-6-12-17,18-13-7-3-8-14-18)19-15-9-4-10-16-19/h2*2-16H,1H3. The Morgan fingerprint density at radius 1 is 0.262 bits per heavy atom. The van der Waals surface area contributed by atoms with Crippen LogP contribution in [0.5, 0.6) is 0 Å². The minimum atomic E-state index is -2.56. The third-order valence-electron chi connectivity index (χ3n) is 8.22. The van der Waals surface area contributed by atoms with Crippen LogP contribution in [0, 0.1) is 0 Å². The third kappa shape index (κ3) is 5.59.